The summed E-state index contributed by atoms with van der Waals surface area (Å²) in [4.78, 5) is 4.37. The van der Waals surface area contributed by atoms with Gasteiger partial charge in [0.2, 0.25) is 0 Å². The van der Waals surface area contributed by atoms with Crippen LogP contribution >= 0.6 is 0 Å². The van der Waals surface area contributed by atoms with E-state index < -0.39 is 0 Å². The molecule has 1 atom stereocenters. The Morgan fingerprint density at radius 1 is 1.20 bits per heavy atom. The number of benzene rings is 1. The number of fused-ring (bicyclic) bond motifs is 1. The minimum absolute atomic E-state index is 0.746. The molecular weight excluding hydrogens is 182 g/mol. The van der Waals surface area contributed by atoms with Gasteiger partial charge in [-0.1, -0.05) is 38.5 Å². The number of nitrogens with zero attached hydrogens (tertiary/aromatic N) is 1. The number of hydrogen-bond acceptors (Lipinski definition) is 1. The van der Waals surface area contributed by atoms with Crippen LogP contribution in [0.15, 0.2) is 36.5 Å². The van der Waals surface area contributed by atoms with E-state index in [-0.39, 0.29) is 0 Å². The zero-order valence-electron chi connectivity index (χ0n) is 9.40. The number of aromatic nitrogens is 1. The van der Waals surface area contributed by atoms with E-state index in [0.717, 1.165) is 17.9 Å². The Labute approximate surface area is 91.2 Å². The van der Waals surface area contributed by atoms with Gasteiger partial charge < -0.3 is 0 Å². The lowest BCUT2D eigenvalue weighted by Gasteiger charge is -2.10. The zero-order valence-corrected chi connectivity index (χ0v) is 9.40. The first kappa shape index (κ1) is 10.2. The molecule has 0 aliphatic heterocycles. The zero-order chi connectivity index (χ0) is 10.7. The average Bonchev–Trinajstić information content (AvgIpc) is 2.29. The maximum absolute atomic E-state index is 4.37. The number of pyridine rings is 1. The van der Waals surface area contributed by atoms with Crippen molar-refractivity contribution in [3.8, 4) is 0 Å². The number of rotatable bonds is 3. The number of hydrogen-bond donors (Lipinski definition) is 0. The highest BCUT2D eigenvalue weighted by atomic mass is 14.6. The van der Waals surface area contributed by atoms with E-state index in [1.165, 1.54) is 17.4 Å². The van der Waals surface area contributed by atoms with Crippen LogP contribution in [0.1, 0.15) is 25.8 Å². The average molecular weight is 199 g/mol. The van der Waals surface area contributed by atoms with E-state index in [9.17, 15) is 0 Å². The maximum Gasteiger partial charge on any atom is 0.0704 e. The third-order valence-corrected chi connectivity index (χ3v) is 3.00. The molecule has 0 radical (unpaired) electrons. The third-order valence-electron chi connectivity index (χ3n) is 3.00. The molecular formula is C14H17N. The fraction of sp³-hybridized carbons (Fsp3) is 0.357. The van der Waals surface area contributed by atoms with Gasteiger partial charge in [0.25, 0.3) is 0 Å². The molecule has 0 amide bonds. The predicted octanol–water partition coefficient (Wildman–Crippen LogP) is 3.82. The Kier molecular flexibility index (Phi) is 3.00. The van der Waals surface area contributed by atoms with Crippen LogP contribution in [0.2, 0.25) is 0 Å². The van der Waals surface area contributed by atoms with Crippen molar-refractivity contribution in [2.45, 2.75) is 26.7 Å². The molecule has 0 aliphatic carbocycles. The number of para-hydroxylation sites is 1. The summed E-state index contributed by atoms with van der Waals surface area (Å²) in [7, 11) is 0. The predicted molar refractivity (Wildman–Crippen MR) is 64.9 cm³/mol. The molecule has 1 nitrogen and oxygen atoms in total. The van der Waals surface area contributed by atoms with E-state index >= 15 is 0 Å². The van der Waals surface area contributed by atoms with E-state index in [1.807, 2.05) is 12.3 Å². The van der Waals surface area contributed by atoms with Crippen molar-refractivity contribution in [1.82, 2.24) is 4.98 Å². The molecule has 0 saturated carbocycles. The summed E-state index contributed by atoms with van der Waals surface area (Å²) >= 11 is 0. The summed E-state index contributed by atoms with van der Waals surface area (Å²) in [5.41, 5.74) is 2.54. The summed E-state index contributed by atoms with van der Waals surface area (Å²) in [5.74, 6) is 0.746. The van der Waals surface area contributed by atoms with E-state index in [1.54, 1.807) is 0 Å². The fourth-order valence-electron chi connectivity index (χ4n) is 1.85. The lowest BCUT2D eigenvalue weighted by molar-refractivity contribution is 0.562. The summed E-state index contributed by atoms with van der Waals surface area (Å²) in [5, 5.41) is 1.31. The van der Waals surface area contributed by atoms with Crippen LogP contribution in [0.25, 0.3) is 10.9 Å². The van der Waals surface area contributed by atoms with Gasteiger partial charge >= 0.3 is 0 Å². The van der Waals surface area contributed by atoms with Crippen molar-refractivity contribution in [2.75, 3.05) is 0 Å². The second-order valence-corrected chi connectivity index (χ2v) is 4.20. The third kappa shape index (κ3) is 2.17. The smallest absolute Gasteiger partial charge is 0.0704 e. The molecule has 1 aromatic carbocycles. The first-order valence-electron chi connectivity index (χ1n) is 5.64. The highest BCUT2D eigenvalue weighted by molar-refractivity contribution is 5.81. The van der Waals surface area contributed by atoms with Crippen LogP contribution in [0, 0.1) is 5.92 Å². The fourth-order valence-corrected chi connectivity index (χ4v) is 1.85. The second-order valence-electron chi connectivity index (χ2n) is 4.20. The van der Waals surface area contributed by atoms with Gasteiger partial charge in [-0.25, -0.2) is 0 Å². The summed E-state index contributed by atoms with van der Waals surface area (Å²) in [6.45, 7) is 4.54. The molecule has 1 unspecified atom stereocenters. The molecule has 0 saturated heterocycles. The van der Waals surface area contributed by atoms with Gasteiger partial charge in [0, 0.05) is 11.6 Å². The Bertz CT molecular complexity index is 443. The molecule has 1 heterocycles. The van der Waals surface area contributed by atoms with Gasteiger partial charge in [-0.3, -0.25) is 4.98 Å². The molecule has 0 spiro atoms. The van der Waals surface area contributed by atoms with Gasteiger partial charge in [-0.15, -0.1) is 0 Å². The van der Waals surface area contributed by atoms with Crippen LogP contribution in [-0.4, -0.2) is 4.98 Å². The molecule has 0 aliphatic rings. The first-order chi connectivity index (χ1) is 7.31. The van der Waals surface area contributed by atoms with E-state index in [0.29, 0.717) is 0 Å². The van der Waals surface area contributed by atoms with Crippen molar-refractivity contribution in [3.63, 3.8) is 0 Å². The standard InChI is InChI=1S/C14H17N/c1-3-11(2)10-12-8-9-15-14-7-5-4-6-13(12)14/h4-9,11H,3,10H2,1-2H3. The Balaban J connectivity index is 2.42. The van der Waals surface area contributed by atoms with E-state index in [4.69, 9.17) is 0 Å². The van der Waals surface area contributed by atoms with Crippen LogP contribution in [-0.2, 0) is 6.42 Å². The SMILES string of the molecule is CCC(C)Cc1ccnc2ccccc12. The van der Waals surface area contributed by atoms with Gasteiger partial charge in [0.05, 0.1) is 5.52 Å². The maximum atomic E-state index is 4.37. The summed E-state index contributed by atoms with van der Waals surface area (Å²) < 4.78 is 0. The van der Waals surface area contributed by atoms with Crippen molar-refractivity contribution in [2.24, 2.45) is 5.92 Å². The van der Waals surface area contributed by atoms with Crippen molar-refractivity contribution in [1.29, 1.82) is 0 Å². The van der Waals surface area contributed by atoms with Gasteiger partial charge in [0.15, 0.2) is 0 Å². The minimum Gasteiger partial charge on any atom is -0.256 e. The van der Waals surface area contributed by atoms with Crippen molar-refractivity contribution in [3.05, 3.63) is 42.1 Å². The van der Waals surface area contributed by atoms with Gasteiger partial charge in [-0.05, 0) is 30.0 Å². The quantitative estimate of drug-likeness (QED) is 0.732. The Hall–Kier alpha value is -1.37. The minimum atomic E-state index is 0.746. The largest absolute Gasteiger partial charge is 0.256 e. The van der Waals surface area contributed by atoms with Crippen LogP contribution in [0.4, 0.5) is 0 Å². The molecule has 0 N–H and O–H groups in total. The molecule has 0 bridgehead atoms. The van der Waals surface area contributed by atoms with Gasteiger partial charge in [-0.2, -0.15) is 0 Å². The molecule has 78 valence electrons. The first-order valence-corrected chi connectivity index (χ1v) is 5.64. The van der Waals surface area contributed by atoms with E-state index in [2.05, 4.69) is 43.1 Å². The second kappa shape index (κ2) is 4.43. The molecule has 2 rings (SSSR count). The Morgan fingerprint density at radius 2 is 2.00 bits per heavy atom. The normalized spacial score (nSPS) is 12.9. The van der Waals surface area contributed by atoms with Gasteiger partial charge in [0.1, 0.15) is 0 Å². The summed E-state index contributed by atoms with van der Waals surface area (Å²) in [6.07, 6.45) is 4.30. The van der Waals surface area contributed by atoms with Crippen molar-refractivity contribution < 1.29 is 0 Å². The highest BCUT2D eigenvalue weighted by Crippen LogP contribution is 2.20. The van der Waals surface area contributed by atoms with Crippen LogP contribution < -0.4 is 0 Å². The molecule has 15 heavy (non-hydrogen) atoms. The monoisotopic (exact) mass is 199 g/mol. The highest BCUT2D eigenvalue weighted by Gasteiger charge is 2.04. The molecule has 0 fully saturated rings. The summed E-state index contributed by atoms with van der Waals surface area (Å²) in [6, 6.07) is 10.5. The molecule has 2 aromatic rings. The topological polar surface area (TPSA) is 12.9 Å². The lowest BCUT2D eigenvalue weighted by atomic mass is 9.96. The lowest BCUT2D eigenvalue weighted by Crippen LogP contribution is -1.98. The molecule has 1 aromatic heterocycles. The molecule has 1 heteroatoms. The van der Waals surface area contributed by atoms with Crippen LogP contribution in [0.3, 0.4) is 0 Å². The Morgan fingerprint density at radius 3 is 2.80 bits per heavy atom. The van der Waals surface area contributed by atoms with Crippen LogP contribution in [0.5, 0.6) is 0 Å². The van der Waals surface area contributed by atoms with Crippen molar-refractivity contribution >= 4 is 10.9 Å².